The molecule has 3 fully saturated rings. The summed E-state index contributed by atoms with van der Waals surface area (Å²) in [5.74, 6) is -0.700. The van der Waals surface area contributed by atoms with Gasteiger partial charge in [-0.05, 0) is 62.1 Å². The molecule has 1 saturated heterocycles. The number of Topliss-reactive ketones (excluding diaryl/α,β-unsaturated/α-hetero) is 2. The molecule has 1 aromatic heterocycles. The van der Waals surface area contributed by atoms with Gasteiger partial charge in [0.05, 0.1) is 18.7 Å². The number of likely N-dealkylation sites (tertiary alicyclic amines) is 1. The molecule has 2 aliphatic carbocycles. The molecule has 37 heavy (non-hydrogen) atoms. The largest absolute Gasteiger partial charge is 0.496 e. The van der Waals surface area contributed by atoms with Gasteiger partial charge in [-0.25, -0.2) is 0 Å². The van der Waals surface area contributed by atoms with Crippen LogP contribution in [0.25, 0.3) is 10.9 Å². The lowest BCUT2D eigenvalue weighted by molar-refractivity contribution is -0.133. The monoisotopic (exact) mass is 529 g/mol. The molecule has 2 heterocycles. The average molecular weight is 530 g/mol. The van der Waals surface area contributed by atoms with Crippen molar-refractivity contribution in [2.45, 2.75) is 57.0 Å². The quantitative estimate of drug-likeness (QED) is 0.482. The molecular weight excluding hydrogens is 498 g/mol. The maximum absolute atomic E-state index is 13.7. The zero-order valence-electron chi connectivity index (χ0n) is 20.8. The Morgan fingerprint density at radius 1 is 1.22 bits per heavy atom. The number of aliphatic hydroxyl groups excluding tert-OH is 1. The second-order valence-corrected chi connectivity index (χ2v) is 10.9. The number of carbonyl (C=O) groups is 4. The fourth-order valence-electron chi connectivity index (χ4n) is 6.52. The van der Waals surface area contributed by atoms with E-state index in [4.69, 9.17) is 16.3 Å². The number of methoxy groups -OCH3 is 1. The molecule has 2 saturated carbocycles. The Bertz CT molecular complexity index is 1240. The van der Waals surface area contributed by atoms with Crippen LogP contribution in [0, 0.1) is 17.8 Å². The minimum atomic E-state index is -0.957. The Morgan fingerprint density at radius 3 is 2.73 bits per heavy atom. The summed E-state index contributed by atoms with van der Waals surface area (Å²) in [5, 5.41) is 13.5. The second-order valence-electron chi connectivity index (χ2n) is 10.5. The summed E-state index contributed by atoms with van der Waals surface area (Å²) in [5.41, 5.74) is 0.982. The highest BCUT2D eigenvalue weighted by molar-refractivity contribution is 6.31. The van der Waals surface area contributed by atoms with E-state index in [9.17, 15) is 24.3 Å². The molecule has 0 radical (unpaired) electrons. The lowest BCUT2D eigenvalue weighted by atomic mass is 9.91. The number of aromatic amines is 1. The summed E-state index contributed by atoms with van der Waals surface area (Å²) in [6, 6.07) is 3.41. The second kappa shape index (κ2) is 10.5. The summed E-state index contributed by atoms with van der Waals surface area (Å²) in [6.07, 6.45) is 4.85. The average Bonchev–Trinajstić information content (AvgIpc) is 3.66. The predicted octanol–water partition coefficient (Wildman–Crippen LogP) is 2.88. The first kappa shape index (κ1) is 25.7. The number of H-pyrrole nitrogens is 1. The van der Waals surface area contributed by atoms with Gasteiger partial charge in [0.1, 0.15) is 29.9 Å². The van der Waals surface area contributed by atoms with Crippen molar-refractivity contribution in [3.05, 3.63) is 28.9 Å². The van der Waals surface area contributed by atoms with Crippen LogP contribution in [0.3, 0.4) is 0 Å². The number of aliphatic hydroxyl groups is 1. The first-order valence-electron chi connectivity index (χ1n) is 12.9. The SMILES string of the molecule is COc1cc(Cl)cc2[nH]c(C(=O)N3C[C@@H]4CCC[C@@H]4[C@H]3C(=O)N[C@@H](C[C@@H]3CCCC3=O)C(=O)CO)cc12. The highest BCUT2D eigenvalue weighted by Gasteiger charge is 2.50. The van der Waals surface area contributed by atoms with Gasteiger partial charge in [-0.1, -0.05) is 18.0 Å². The van der Waals surface area contributed by atoms with Gasteiger partial charge in [-0.2, -0.15) is 0 Å². The minimum Gasteiger partial charge on any atom is -0.496 e. The van der Waals surface area contributed by atoms with E-state index in [0.717, 1.165) is 25.7 Å². The minimum absolute atomic E-state index is 0.00435. The number of benzene rings is 1. The van der Waals surface area contributed by atoms with Gasteiger partial charge >= 0.3 is 0 Å². The van der Waals surface area contributed by atoms with E-state index >= 15 is 0 Å². The lowest BCUT2D eigenvalue weighted by Gasteiger charge is -2.29. The number of ketones is 2. The van der Waals surface area contributed by atoms with E-state index in [1.807, 2.05) is 0 Å². The Labute approximate surface area is 219 Å². The number of nitrogens with zero attached hydrogens (tertiary/aromatic N) is 1. The number of hydrogen-bond acceptors (Lipinski definition) is 6. The molecule has 1 aliphatic heterocycles. The van der Waals surface area contributed by atoms with Gasteiger partial charge in [0.2, 0.25) is 5.91 Å². The molecule has 2 amide bonds. The third-order valence-electron chi connectivity index (χ3n) is 8.35. The Hall–Kier alpha value is -2.91. The number of rotatable bonds is 8. The summed E-state index contributed by atoms with van der Waals surface area (Å²) in [4.78, 5) is 56.8. The molecule has 3 aliphatic rings. The number of fused-ring (bicyclic) bond motifs is 2. The van der Waals surface area contributed by atoms with Crippen LogP contribution in [0.2, 0.25) is 5.02 Å². The van der Waals surface area contributed by atoms with Crippen molar-refractivity contribution < 1.29 is 29.0 Å². The fourth-order valence-corrected chi connectivity index (χ4v) is 6.73. The lowest BCUT2D eigenvalue weighted by Crippen LogP contribution is -2.53. The molecule has 0 unspecified atom stereocenters. The van der Waals surface area contributed by atoms with E-state index in [0.29, 0.717) is 46.8 Å². The van der Waals surface area contributed by atoms with Crippen molar-refractivity contribution in [3.63, 3.8) is 0 Å². The molecule has 3 N–H and O–H groups in total. The Balaban J connectivity index is 1.40. The number of carbonyl (C=O) groups excluding carboxylic acids is 4. The number of aromatic nitrogens is 1. The first-order valence-corrected chi connectivity index (χ1v) is 13.3. The van der Waals surface area contributed by atoms with Gasteiger partial charge in [0.25, 0.3) is 5.91 Å². The van der Waals surface area contributed by atoms with Crippen LogP contribution in [-0.4, -0.2) is 70.7 Å². The Morgan fingerprint density at radius 2 is 2.03 bits per heavy atom. The zero-order valence-corrected chi connectivity index (χ0v) is 21.6. The molecule has 0 bridgehead atoms. The highest BCUT2D eigenvalue weighted by atomic mass is 35.5. The van der Waals surface area contributed by atoms with Gasteiger partial charge < -0.3 is 25.0 Å². The first-order chi connectivity index (χ1) is 17.8. The molecule has 5 atom stereocenters. The maximum Gasteiger partial charge on any atom is 0.271 e. The van der Waals surface area contributed by atoms with Gasteiger partial charge in [-0.15, -0.1) is 0 Å². The molecule has 0 spiro atoms. The van der Waals surface area contributed by atoms with Crippen LogP contribution in [-0.2, 0) is 14.4 Å². The summed E-state index contributed by atoms with van der Waals surface area (Å²) < 4.78 is 5.42. The van der Waals surface area contributed by atoms with Crippen molar-refractivity contribution in [1.29, 1.82) is 0 Å². The van der Waals surface area contributed by atoms with Crippen molar-refractivity contribution in [3.8, 4) is 5.75 Å². The standard InChI is InChI=1S/C27H32ClN3O6/c1-37-24-10-16(28)9-19-18(24)11-21(29-19)27(36)31-12-15-5-2-6-17(15)25(31)26(35)30-20(23(34)13-32)8-14-4-3-7-22(14)33/h9-11,14-15,17,20,25,29,32H,2-8,12-13H2,1H3,(H,30,35)/t14-,15-,17-,20-,25-/m0/s1. The van der Waals surface area contributed by atoms with Crippen LogP contribution >= 0.6 is 11.6 Å². The summed E-state index contributed by atoms with van der Waals surface area (Å²) >= 11 is 6.19. The topological polar surface area (TPSA) is 129 Å². The summed E-state index contributed by atoms with van der Waals surface area (Å²) in [7, 11) is 1.53. The van der Waals surface area contributed by atoms with Crippen molar-refractivity contribution in [2.75, 3.05) is 20.3 Å². The maximum atomic E-state index is 13.7. The molecule has 198 valence electrons. The highest BCUT2D eigenvalue weighted by Crippen LogP contribution is 2.43. The molecule has 10 heteroatoms. The molecule has 5 rings (SSSR count). The molecule has 9 nitrogen and oxygen atoms in total. The van der Waals surface area contributed by atoms with Crippen LogP contribution in [0.1, 0.15) is 55.4 Å². The summed E-state index contributed by atoms with van der Waals surface area (Å²) in [6.45, 7) is -0.265. The van der Waals surface area contributed by atoms with Gasteiger partial charge in [0.15, 0.2) is 5.78 Å². The Kier molecular flexibility index (Phi) is 7.27. The number of amides is 2. The normalized spacial score (nSPS) is 25.9. The number of hydrogen-bond donors (Lipinski definition) is 3. The van der Waals surface area contributed by atoms with E-state index in [2.05, 4.69) is 10.3 Å². The van der Waals surface area contributed by atoms with Gasteiger partial charge in [-0.3, -0.25) is 19.2 Å². The van der Waals surface area contributed by atoms with Crippen molar-refractivity contribution in [1.82, 2.24) is 15.2 Å². The third-order valence-corrected chi connectivity index (χ3v) is 8.57. The van der Waals surface area contributed by atoms with Crippen molar-refractivity contribution in [2.24, 2.45) is 17.8 Å². The predicted molar refractivity (Wildman–Crippen MR) is 137 cm³/mol. The number of nitrogens with one attached hydrogen (secondary N) is 2. The number of ether oxygens (including phenoxy) is 1. The van der Waals surface area contributed by atoms with Crippen molar-refractivity contribution >= 4 is 45.9 Å². The molecule has 1 aromatic carbocycles. The van der Waals surface area contributed by atoms with E-state index in [-0.39, 0.29) is 35.9 Å². The van der Waals surface area contributed by atoms with Crippen LogP contribution in [0.4, 0.5) is 0 Å². The van der Waals surface area contributed by atoms with E-state index in [1.165, 1.54) is 7.11 Å². The smallest absolute Gasteiger partial charge is 0.271 e. The molecule has 2 aromatic rings. The van der Waals surface area contributed by atoms with Crippen LogP contribution < -0.4 is 10.1 Å². The van der Waals surface area contributed by atoms with Crippen LogP contribution in [0.5, 0.6) is 5.75 Å². The zero-order chi connectivity index (χ0) is 26.3. The van der Waals surface area contributed by atoms with Crippen LogP contribution in [0.15, 0.2) is 18.2 Å². The fraction of sp³-hybridized carbons (Fsp3) is 0.556. The molecular formula is C27H32ClN3O6. The number of halogens is 1. The van der Waals surface area contributed by atoms with E-state index < -0.39 is 30.4 Å². The van der Waals surface area contributed by atoms with Gasteiger partial charge in [0, 0.05) is 29.3 Å². The van der Waals surface area contributed by atoms with E-state index in [1.54, 1.807) is 23.1 Å². The third kappa shape index (κ3) is 4.86.